The van der Waals surface area contributed by atoms with Gasteiger partial charge in [0.2, 0.25) is 0 Å². The third-order valence-corrected chi connectivity index (χ3v) is 3.89. The van der Waals surface area contributed by atoms with Crippen molar-refractivity contribution in [1.29, 1.82) is 0 Å². The Bertz CT molecular complexity index is 515. The Hall–Kier alpha value is -1.65. The van der Waals surface area contributed by atoms with Crippen LogP contribution in [0.15, 0.2) is 42.7 Å². The number of aromatic nitrogens is 2. The fourth-order valence-electron chi connectivity index (χ4n) is 2.80. The summed E-state index contributed by atoms with van der Waals surface area (Å²) in [7, 11) is 0. The molecule has 2 heterocycles. The second-order valence-electron chi connectivity index (χ2n) is 5.42. The SMILES string of the molecule is c1ccc(-n2cccn2)c(CNCC2CCCNC2)c1. The monoisotopic (exact) mass is 270 g/mol. The van der Waals surface area contributed by atoms with Crippen molar-refractivity contribution in [2.75, 3.05) is 19.6 Å². The Morgan fingerprint density at radius 3 is 3.05 bits per heavy atom. The van der Waals surface area contributed by atoms with Crippen molar-refractivity contribution in [3.05, 3.63) is 48.3 Å². The van der Waals surface area contributed by atoms with Crippen LogP contribution in [0.4, 0.5) is 0 Å². The predicted octanol–water partition coefficient (Wildman–Crippen LogP) is 1.96. The van der Waals surface area contributed by atoms with Gasteiger partial charge in [0, 0.05) is 18.9 Å². The zero-order valence-corrected chi connectivity index (χ0v) is 11.8. The highest BCUT2D eigenvalue weighted by Gasteiger charge is 2.12. The van der Waals surface area contributed by atoms with Crippen molar-refractivity contribution in [3.63, 3.8) is 0 Å². The minimum absolute atomic E-state index is 0.764. The first-order valence-corrected chi connectivity index (χ1v) is 7.43. The molecule has 1 aromatic carbocycles. The van der Waals surface area contributed by atoms with Gasteiger partial charge in [-0.15, -0.1) is 0 Å². The first-order chi connectivity index (χ1) is 9.93. The highest BCUT2D eigenvalue weighted by molar-refractivity contribution is 5.40. The lowest BCUT2D eigenvalue weighted by molar-refractivity contribution is 0.360. The maximum absolute atomic E-state index is 4.32. The van der Waals surface area contributed by atoms with Crippen molar-refractivity contribution in [2.24, 2.45) is 5.92 Å². The Labute approximate surface area is 120 Å². The molecule has 0 saturated carbocycles. The van der Waals surface area contributed by atoms with Crippen LogP contribution in [0.25, 0.3) is 5.69 Å². The van der Waals surface area contributed by atoms with Gasteiger partial charge in [0.15, 0.2) is 0 Å². The molecule has 0 spiro atoms. The Balaban J connectivity index is 1.60. The second-order valence-corrected chi connectivity index (χ2v) is 5.42. The Kier molecular flexibility index (Phi) is 4.46. The minimum Gasteiger partial charge on any atom is -0.316 e. The van der Waals surface area contributed by atoms with Gasteiger partial charge in [-0.3, -0.25) is 0 Å². The smallest absolute Gasteiger partial charge is 0.0690 e. The van der Waals surface area contributed by atoms with Crippen LogP contribution in [0.5, 0.6) is 0 Å². The maximum atomic E-state index is 4.32. The second kappa shape index (κ2) is 6.68. The number of piperidine rings is 1. The summed E-state index contributed by atoms with van der Waals surface area (Å²) in [6.07, 6.45) is 6.44. The van der Waals surface area contributed by atoms with Crippen LogP contribution in [-0.4, -0.2) is 29.4 Å². The number of hydrogen-bond acceptors (Lipinski definition) is 3. The summed E-state index contributed by atoms with van der Waals surface area (Å²) in [4.78, 5) is 0. The molecule has 2 N–H and O–H groups in total. The quantitative estimate of drug-likeness (QED) is 0.873. The number of para-hydroxylation sites is 1. The number of hydrogen-bond donors (Lipinski definition) is 2. The molecule has 1 fully saturated rings. The minimum atomic E-state index is 0.764. The van der Waals surface area contributed by atoms with E-state index in [1.165, 1.54) is 24.9 Å². The third kappa shape index (κ3) is 3.26. The third-order valence-electron chi connectivity index (χ3n) is 3.89. The van der Waals surface area contributed by atoms with E-state index in [0.717, 1.165) is 31.2 Å². The lowest BCUT2D eigenvalue weighted by Gasteiger charge is -2.23. The summed E-state index contributed by atoms with van der Waals surface area (Å²) >= 11 is 0. The van der Waals surface area contributed by atoms with Gasteiger partial charge >= 0.3 is 0 Å². The van der Waals surface area contributed by atoms with Gasteiger partial charge in [-0.05, 0) is 56.1 Å². The summed E-state index contributed by atoms with van der Waals surface area (Å²) in [6, 6.07) is 10.4. The van der Waals surface area contributed by atoms with E-state index in [1.807, 2.05) is 23.1 Å². The van der Waals surface area contributed by atoms with E-state index < -0.39 is 0 Å². The molecule has 0 radical (unpaired) electrons. The van der Waals surface area contributed by atoms with Crippen LogP contribution >= 0.6 is 0 Å². The number of rotatable bonds is 5. The van der Waals surface area contributed by atoms with Gasteiger partial charge in [0.05, 0.1) is 5.69 Å². The molecule has 4 nitrogen and oxygen atoms in total. The first kappa shape index (κ1) is 13.3. The standard InChI is InChI=1S/C16H22N4/c1-2-7-16(20-10-4-9-19-20)15(6-1)13-18-12-14-5-3-8-17-11-14/h1-2,4,6-7,9-10,14,17-18H,3,5,8,11-13H2. The average molecular weight is 270 g/mol. The Morgan fingerprint density at radius 2 is 2.25 bits per heavy atom. The molecule has 1 atom stereocenters. The molecular formula is C16H22N4. The summed E-state index contributed by atoms with van der Waals surface area (Å²) in [6.45, 7) is 4.30. The summed E-state index contributed by atoms with van der Waals surface area (Å²) in [5, 5.41) is 11.4. The van der Waals surface area contributed by atoms with Crippen LogP contribution in [0.3, 0.4) is 0 Å². The van der Waals surface area contributed by atoms with Gasteiger partial charge in [0.25, 0.3) is 0 Å². The zero-order chi connectivity index (χ0) is 13.6. The van der Waals surface area contributed by atoms with Gasteiger partial charge in [-0.1, -0.05) is 18.2 Å². The molecular weight excluding hydrogens is 248 g/mol. The van der Waals surface area contributed by atoms with Gasteiger partial charge < -0.3 is 10.6 Å². The molecule has 1 unspecified atom stereocenters. The fraction of sp³-hybridized carbons (Fsp3) is 0.438. The van der Waals surface area contributed by atoms with Crippen LogP contribution in [-0.2, 0) is 6.54 Å². The number of nitrogens with one attached hydrogen (secondary N) is 2. The van der Waals surface area contributed by atoms with E-state index in [0.29, 0.717) is 0 Å². The van der Waals surface area contributed by atoms with Crippen molar-refractivity contribution in [1.82, 2.24) is 20.4 Å². The van der Waals surface area contributed by atoms with E-state index in [4.69, 9.17) is 0 Å². The van der Waals surface area contributed by atoms with E-state index >= 15 is 0 Å². The molecule has 1 aromatic heterocycles. The molecule has 1 aliphatic rings. The molecule has 106 valence electrons. The van der Waals surface area contributed by atoms with Crippen LogP contribution in [0.2, 0.25) is 0 Å². The maximum Gasteiger partial charge on any atom is 0.0690 e. The number of nitrogens with zero attached hydrogens (tertiary/aromatic N) is 2. The van der Waals surface area contributed by atoms with E-state index in [9.17, 15) is 0 Å². The molecule has 4 heteroatoms. The van der Waals surface area contributed by atoms with Gasteiger partial charge in [0.1, 0.15) is 0 Å². The van der Waals surface area contributed by atoms with Crippen LogP contribution in [0.1, 0.15) is 18.4 Å². The molecule has 3 rings (SSSR count). The van der Waals surface area contributed by atoms with E-state index in [2.05, 4.69) is 40.0 Å². The van der Waals surface area contributed by atoms with Crippen molar-refractivity contribution >= 4 is 0 Å². The van der Waals surface area contributed by atoms with E-state index in [1.54, 1.807) is 0 Å². The molecule has 2 aromatic rings. The van der Waals surface area contributed by atoms with Crippen molar-refractivity contribution in [3.8, 4) is 5.69 Å². The van der Waals surface area contributed by atoms with Crippen molar-refractivity contribution in [2.45, 2.75) is 19.4 Å². The number of benzene rings is 1. The highest BCUT2D eigenvalue weighted by atomic mass is 15.3. The topological polar surface area (TPSA) is 41.9 Å². The molecule has 1 aliphatic heterocycles. The fourth-order valence-corrected chi connectivity index (χ4v) is 2.80. The van der Waals surface area contributed by atoms with Crippen LogP contribution in [0, 0.1) is 5.92 Å². The molecule has 0 aliphatic carbocycles. The van der Waals surface area contributed by atoms with E-state index in [-0.39, 0.29) is 0 Å². The molecule has 1 saturated heterocycles. The average Bonchev–Trinajstić information content (AvgIpc) is 3.03. The lowest BCUT2D eigenvalue weighted by atomic mass is 10.00. The predicted molar refractivity (Wildman–Crippen MR) is 80.9 cm³/mol. The molecule has 20 heavy (non-hydrogen) atoms. The summed E-state index contributed by atoms with van der Waals surface area (Å²) in [5.41, 5.74) is 2.45. The Morgan fingerprint density at radius 1 is 1.30 bits per heavy atom. The first-order valence-electron chi connectivity index (χ1n) is 7.43. The van der Waals surface area contributed by atoms with Gasteiger partial charge in [-0.2, -0.15) is 5.10 Å². The highest BCUT2D eigenvalue weighted by Crippen LogP contribution is 2.14. The largest absolute Gasteiger partial charge is 0.316 e. The normalized spacial score (nSPS) is 19.1. The summed E-state index contributed by atoms with van der Waals surface area (Å²) < 4.78 is 1.93. The lowest BCUT2D eigenvalue weighted by Crippen LogP contribution is -2.35. The summed E-state index contributed by atoms with van der Waals surface area (Å²) in [5.74, 6) is 0.764. The van der Waals surface area contributed by atoms with Crippen LogP contribution < -0.4 is 10.6 Å². The molecule has 0 amide bonds. The molecule has 0 bridgehead atoms. The van der Waals surface area contributed by atoms with Crippen molar-refractivity contribution < 1.29 is 0 Å². The zero-order valence-electron chi connectivity index (χ0n) is 11.8. The van der Waals surface area contributed by atoms with Gasteiger partial charge in [-0.25, -0.2) is 4.68 Å².